The number of ether oxygens (including phenoxy) is 2. The molecule has 8 heteroatoms. The minimum Gasteiger partial charge on any atom is -0.501 e. The number of nitrogens with two attached hydrogens (primary N) is 1. The number of nitrogens with zero attached hydrogens (tertiary/aromatic N) is 1. The number of unbranched alkanes of at least 4 members (excludes halogenated alkanes) is 3. The van der Waals surface area contributed by atoms with Crippen LogP contribution in [0.25, 0.3) is 0 Å². The lowest BCUT2D eigenvalue weighted by Gasteiger charge is -2.10. The zero-order valence-electron chi connectivity index (χ0n) is 12.5. The summed E-state index contributed by atoms with van der Waals surface area (Å²) in [5, 5.41) is 11.8. The number of pyridine rings is 1. The Morgan fingerprint density at radius 1 is 1.36 bits per heavy atom. The lowest BCUT2D eigenvalue weighted by molar-refractivity contribution is -0.118. The van der Waals surface area contributed by atoms with Gasteiger partial charge in [-0.25, -0.2) is 9.78 Å². The van der Waals surface area contributed by atoms with Crippen LogP contribution in [0.3, 0.4) is 0 Å². The summed E-state index contributed by atoms with van der Waals surface area (Å²) in [6.07, 6.45) is 4.39. The van der Waals surface area contributed by atoms with Crippen LogP contribution >= 0.6 is 0 Å². The molecule has 2 amide bonds. The van der Waals surface area contributed by atoms with Crippen molar-refractivity contribution >= 4 is 12.0 Å². The van der Waals surface area contributed by atoms with Gasteiger partial charge in [0, 0.05) is 12.3 Å². The normalized spacial score (nSPS) is 10.1. The Morgan fingerprint density at radius 2 is 2.14 bits per heavy atom. The fourth-order valence-electron chi connectivity index (χ4n) is 1.60. The molecule has 8 nitrogen and oxygen atoms in total. The summed E-state index contributed by atoms with van der Waals surface area (Å²) in [6, 6.07) is 1.46. The maximum Gasteiger partial charge on any atom is 0.420 e. The van der Waals surface area contributed by atoms with Gasteiger partial charge < -0.3 is 20.3 Å². The highest BCUT2D eigenvalue weighted by molar-refractivity contribution is 5.93. The molecule has 0 aliphatic rings. The molecule has 0 bridgehead atoms. The lowest BCUT2D eigenvalue weighted by atomic mass is 10.2. The van der Waals surface area contributed by atoms with Crippen molar-refractivity contribution < 1.29 is 24.2 Å². The van der Waals surface area contributed by atoms with Gasteiger partial charge in [0.1, 0.15) is 0 Å². The van der Waals surface area contributed by atoms with E-state index in [1.54, 1.807) is 0 Å². The van der Waals surface area contributed by atoms with Crippen molar-refractivity contribution in [3.8, 4) is 17.4 Å². The molecule has 122 valence electrons. The topological polar surface area (TPSA) is 124 Å². The first-order valence-electron chi connectivity index (χ1n) is 7.11. The number of rotatable bonds is 8. The van der Waals surface area contributed by atoms with Crippen molar-refractivity contribution in [3.63, 3.8) is 0 Å². The van der Waals surface area contributed by atoms with E-state index in [1.165, 1.54) is 12.3 Å². The van der Waals surface area contributed by atoms with Gasteiger partial charge in [0.2, 0.25) is 11.7 Å². The Balaban J connectivity index is 2.56. The summed E-state index contributed by atoms with van der Waals surface area (Å²) in [4.78, 5) is 26.0. The van der Waals surface area contributed by atoms with Crippen molar-refractivity contribution in [2.45, 2.75) is 32.6 Å². The van der Waals surface area contributed by atoms with Crippen LogP contribution in [0.2, 0.25) is 0 Å². The monoisotopic (exact) mass is 311 g/mol. The molecule has 0 fully saturated rings. The van der Waals surface area contributed by atoms with Crippen LogP contribution in [0.4, 0.5) is 4.79 Å². The Hall–Kier alpha value is -2.35. The highest BCUT2D eigenvalue weighted by Gasteiger charge is 2.16. The summed E-state index contributed by atoms with van der Waals surface area (Å²) < 4.78 is 10.2. The van der Waals surface area contributed by atoms with Crippen LogP contribution < -0.4 is 20.5 Å². The molecule has 0 aliphatic carbocycles. The van der Waals surface area contributed by atoms with Gasteiger partial charge in [0.25, 0.3) is 5.88 Å². The fourth-order valence-corrected chi connectivity index (χ4v) is 1.60. The van der Waals surface area contributed by atoms with Gasteiger partial charge in [0.05, 0.1) is 13.2 Å². The van der Waals surface area contributed by atoms with Gasteiger partial charge in [-0.2, -0.15) is 0 Å². The number of nitrogens with one attached hydrogen (secondary N) is 1. The van der Waals surface area contributed by atoms with E-state index in [0.29, 0.717) is 6.61 Å². The first-order valence-corrected chi connectivity index (χ1v) is 7.11. The zero-order chi connectivity index (χ0) is 16.4. The van der Waals surface area contributed by atoms with Crippen LogP contribution in [0.1, 0.15) is 32.6 Å². The molecule has 22 heavy (non-hydrogen) atoms. The Morgan fingerprint density at radius 3 is 2.82 bits per heavy atom. The molecule has 0 aliphatic heterocycles. The van der Waals surface area contributed by atoms with Crippen molar-refractivity contribution in [1.29, 1.82) is 0 Å². The second-order valence-corrected chi connectivity index (χ2v) is 4.51. The number of carbonyl (C=O) groups is 2. The summed E-state index contributed by atoms with van der Waals surface area (Å²) in [7, 11) is 0. The van der Waals surface area contributed by atoms with Crippen LogP contribution in [-0.2, 0) is 4.79 Å². The van der Waals surface area contributed by atoms with Crippen LogP contribution in [0, 0.1) is 0 Å². The quantitative estimate of drug-likeness (QED) is 0.618. The largest absolute Gasteiger partial charge is 0.501 e. The van der Waals surface area contributed by atoms with Crippen LogP contribution in [-0.4, -0.2) is 35.2 Å². The molecule has 0 atom stereocenters. The number of imide groups is 1. The molecule has 1 heterocycles. The van der Waals surface area contributed by atoms with E-state index in [0.717, 1.165) is 25.7 Å². The fraction of sp³-hybridized carbons (Fsp3) is 0.500. The molecule has 0 saturated heterocycles. The molecule has 4 N–H and O–H groups in total. The molecule has 0 unspecified atom stereocenters. The van der Waals surface area contributed by atoms with Crippen LogP contribution in [0.5, 0.6) is 17.4 Å². The predicted octanol–water partition coefficient (Wildman–Crippen LogP) is 1.32. The van der Waals surface area contributed by atoms with Gasteiger partial charge in [-0.3, -0.25) is 10.1 Å². The molecule has 1 aromatic heterocycles. The standard InChI is InChI=1S/C14H21N3O5/c1-2-3-4-5-8-21-10-6-7-16-13(12(10)19)22-14(20)17-11(18)9-15/h6-7,19H,2-5,8-9,15H2,1H3,(H,17,18,20). The van der Waals surface area contributed by atoms with Crippen molar-refractivity contribution in [3.05, 3.63) is 12.3 Å². The third kappa shape index (κ3) is 5.96. The first-order chi connectivity index (χ1) is 10.6. The van der Waals surface area contributed by atoms with E-state index in [-0.39, 0.29) is 18.2 Å². The third-order valence-electron chi connectivity index (χ3n) is 2.73. The minimum atomic E-state index is -1.07. The van der Waals surface area contributed by atoms with Crippen molar-refractivity contribution in [2.24, 2.45) is 5.73 Å². The Labute approximate surface area is 128 Å². The summed E-state index contributed by atoms with van der Waals surface area (Å²) in [5.74, 6) is -1.27. The number of hydrogen-bond acceptors (Lipinski definition) is 7. The highest BCUT2D eigenvalue weighted by atomic mass is 16.6. The van der Waals surface area contributed by atoms with Crippen molar-refractivity contribution in [1.82, 2.24) is 10.3 Å². The number of aromatic hydroxyl groups is 1. The Kier molecular flexibility index (Phi) is 7.69. The van der Waals surface area contributed by atoms with Crippen molar-refractivity contribution in [2.75, 3.05) is 13.2 Å². The smallest absolute Gasteiger partial charge is 0.420 e. The minimum absolute atomic E-state index is 0.166. The van der Waals surface area contributed by atoms with E-state index in [2.05, 4.69) is 11.9 Å². The summed E-state index contributed by atoms with van der Waals surface area (Å²) in [5.41, 5.74) is 5.05. The summed E-state index contributed by atoms with van der Waals surface area (Å²) >= 11 is 0. The van der Waals surface area contributed by atoms with Gasteiger partial charge in [-0.1, -0.05) is 26.2 Å². The maximum atomic E-state index is 11.4. The van der Waals surface area contributed by atoms with E-state index in [1.807, 2.05) is 5.32 Å². The number of aromatic nitrogens is 1. The zero-order valence-corrected chi connectivity index (χ0v) is 12.5. The van der Waals surface area contributed by atoms with Gasteiger partial charge >= 0.3 is 6.09 Å². The second kappa shape index (κ2) is 9.56. The molecular weight excluding hydrogens is 290 g/mol. The molecule has 0 aromatic carbocycles. The maximum absolute atomic E-state index is 11.4. The summed E-state index contributed by atoms with van der Waals surface area (Å²) in [6.45, 7) is 2.20. The van der Waals surface area contributed by atoms with E-state index >= 15 is 0 Å². The molecule has 0 radical (unpaired) electrons. The number of amides is 2. The SMILES string of the molecule is CCCCCCOc1ccnc(OC(=O)NC(=O)CN)c1O. The second-order valence-electron chi connectivity index (χ2n) is 4.51. The predicted molar refractivity (Wildman–Crippen MR) is 78.8 cm³/mol. The third-order valence-corrected chi connectivity index (χ3v) is 2.73. The van der Waals surface area contributed by atoms with Gasteiger partial charge in [-0.15, -0.1) is 0 Å². The molecular formula is C14H21N3O5. The lowest BCUT2D eigenvalue weighted by Crippen LogP contribution is -2.37. The average molecular weight is 311 g/mol. The average Bonchev–Trinajstić information content (AvgIpc) is 2.50. The molecule has 1 rings (SSSR count). The van der Waals surface area contributed by atoms with Gasteiger partial charge in [-0.05, 0) is 6.42 Å². The molecule has 0 saturated carbocycles. The molecule has 0 spiro atoms. The first kappa shape index (κ1) is 17.7. The molecule has 1 aromatic rings. The van der Waals surface area contributed by atoms with E-state index < -0.39 is 17.7 Å². The van der Waals surface area contributed by atoms with E-state index in [9.17, 15) is 14.7 Å². The van der Waals surface area contributed by atoms with Crippen LogP contribution in [0.15, 0.2) is 12.3 Å². The van der Waals surface area contributed by atoms with Gasteiger partial charge in [0.15, 0.2) is 5.75 Å². The van der Waals surface area contributed by atoms with E-state index in [4.69, 9.17) is 15.2 Å². The Bertz CT molecular complexity index is 507. The highest BCUT2D eigenvalue weighted by Crippen LogP contribution is 2.33. The number of carbonyl (C=O) groups excluding carboxylic acids is 2. The number of hydrogen-bond donors (Lipinski definition) is 3.